The maximum Gasteiger partial charge on any atom is 0.257 e. The largest absolute Gasteiger partial charge is 0.305 e. The summed E-state index contributed by atoms with van der Waals surface area (Å²) in [7, 11) is 0. The van der Waals surface area contributed by atoms with Crippen LogP contribution in [0.1, 0.15) is 10.4 Å². The van der Waals surface area contributed by atoms with E-state index < -0.39 is 0 Å². The zero-order valence-corrected chi connectivity index (χ0v) is 11.0. The molecule has 0 saturated carbocycles. The Morgan fingerprint density at radius 1 is 1.15 bits per heavy atom. The van der Waals surface area contributed by atoms with E-state index in [1.54, 1.807) is 24.4 Å². The molecular formula is C14H9ClN4O. The highest BCUT2D eigenvalue weighted by atomic mass is 35.5. The Bertz CT molecular complexity index is 785. The van der Waals surface area contributed by atoms with Gasteiger partial charge in [-0.25, -0.2) is 4.98 Å². The second kappa shape index (κ2) is 5.22. The first kappa shape index (κ1) is 12.5. The number of hydrogen-bond acceptors (Lipinski definition) is 4. The van der Waals surface area contributed by atoms with Crippen molar-refractivity contribution in [1.82, 2.24) is 15.0 Å². The molecule has 1 N–H and O–H groups in total. The van der Waals surface area contributed by atoms with Crippen LogP contribution in [0, 0.1) is 0 Å². The first-order valence-corrected chi connectivity index (χ1v) is 6.24. The molecule has 0 radical (unpaired) electrons. The summed E-state index contributed by atoms with van der Waals surface area (Å²) in [6, 6.07) is 9.01. The molecule has 5 nitrogen and oxygen atoms in total. The van der Waals surface area contributed by atoms with Gasteiger partial charge in [0.2, 0.25) is 0 Å². The highest BCUT2D eigenvalue weighted by Crippen LogP contribution is 2.17. The number of hydrogen-bond donors (Lipinski definition) is 1. The zero-order valence-electron chi connectivity index (χ0n) is 10.2. The number of nitrogens with one attached hydrogen (secondary N) is 1. The number of nitrogens with zero attached hydrogens (tertiary/aromatic N) is 3. The van der Waals surface area contributed by atoms with Gasteiger partial charge in [0.05, 0.1) is 17.9 Å². The second-order valence-corrected chi connectivity index (χ2v) is 4.44. The minimum atomic E-state index is -0.278. The normalized spacial score (nSPS) is 10.4. The molecule has 0 bridgehead atoms. The fourth-order valence-electron chi connectivity index (χ4n) is 1.89. The Balaban J connectivity index is 1.97. The van der Waals surface area contributed by atoms with Gasteiger partial charge >= 0.3 is 0 Å². The van der Waals surface area contributed by atoms with E-state index in [-0.39, 0.29) is 11.1 Å². The van der Waals surface area contributed by atoms with Gasteiger partial charge in [-0.15, -0.1) is 0 Å². The molecule has 0 fully saturated rings. The van der Waals surface area contributed by atoms with E-state index in [2.05, 4.69) is 20.3 Å². The molecule has 0 spiro atoms. The minimum Gasteiger partial charge on any atom is -0.305 e. The summed E-state index contributed by atoms with van der Waals surface area (Å²) >= 11 is 5.73. The Hall–Kier alpha value is -2.53. The summed E-state index contributed by atoms with van der Waals surface area (Å²) in [5.74, 6) is 0.0311. The highest BCUT2D eigenvalue weighted by molar-refractivity contribution is 6.29. The highest BCUT2D eigenvalue weighted by Gasteiger charge is 2.11. The van der Waals surface area contributed by atoms with Gasteiger partial charge in [0.15, 0.2) is 5.82 Å². The van der Waals surface area contributed by atoms with Crippen LogP contribution in [-0.2, 0) is 0 Å². The van der Waals surface area contributed by atoms with Gasteiger partial charge in [0, 0.05) is 17.1 Å². The summed E-state index contributed by atoms with van der Waals surface area (Å²) in [5.41, 5.74) is 1.29. The van der Waals surface area contributed by atoms with Crippen molar-refractivity contribution in [1.29, 1.82) is 0 Å². The van der Waals surface area contributed by atoms with E-state index >= 15 is 0 Å². The summed E-state index contributed by atoms with van der Waals surface area (Å²) in [5, 5.41) is 3.67. The molecule has 0 aliphatic heterocycles. The molecule has 0 saturated heterocycles. The molecule has 20 heavy (non-hydrogen) atoms. The molecule has 0 unspecified atom stereocenters. The lowest BCUT2D eigenvalue weighted by atomic mass is 10.1. The van der Waals surface area contributed by atoms with Crippen LogP contribution in [0.2, 0.25) is 5.15 Å². The molecular weight excluding hydrogens is 276 g/mol. The van der Waals surface area contributed by atoms with Crippen LogP contribution in [-0.4, -0.2) is 20.9 Å². The number of amides is 1. The van der Waals surface area contributed by atoms with Crippen molar-refractivity contribution in [2.75, 3.05) is 5.32 Å². The Morgan fingerprint density at radius 2 is 2.05 bits per heavy atom. The van der Waals surface area contributed by atoms with E-state index in [0.717, 1.165) is 10.9 Å². The van der Waals surface area contributed by atoms with Crippen LogP contribution in [0.4, 0.5) is 5.82 Å². The van der Waals surface area contributed by atoms with Crippen LogP contribution in [0.15, 0.2) is 48.9 Å². The molecule has 0 aliphatic carbocycles. The lowest BCUT2D eigenvalue weighted by Gasteiger charge is -2.06. The summed E-state index contributed by atoms with van der Waals surface area (Å²) in [4.78, 5) is 24.4. The number of halogens is 1. The monoisotopic (exact) mass is 284 g/mol. The average molecular weight is 285 g/mol. The van der Waals surface area contributed by atoms with Crippen molar-refractivity contribution in [3.63, 3.8) is 0 Å². The molecule has 1 amide bonds. The van der Waals surface area contributed by atoms with Gasteiger partial charge in [-0.2, -0.15) is 0 Å². The smallest absolute Gasteiger partial charge is 0.257 e. The van der Waals surface area contributed by atoms with Crippen LogP contribution in [0.5, 0.6) is 0 Å². The fourth-order valence-corrected chi connectivity index (χ4v) is 2.03. The molecule has 0 atom stereocenters. The van der Waals surface area contributed by atoms with Crippen LogP contribution >= 0.6 is 11.6 Å². The molecule has 3 aromatic rings. The van der Waals surface area contributed by atoms with Crippen LogP contribution in [0.3, 0.4) is 0 Å². The van der Waals surface area contributed by atoms with Gasteiger partial charge < -0.3 is 5.32 Å². The molecule has 98 valence electrons. The Labute approximate surface area is 119 Å². The number of aromatic nitrogens is 3. The Morgan fingerprint density at radius 3 is 2.90 bits per heavy atom. The number of carbonyl (C=O) groups excluding carboxylic acids is 1. The van der Waals surface area contributed by atoms with Crippen molar-refractivity contribution in [2.45, 2.75) is 0 Å². The quantitative estimate of drug-likeness (QED) is 0.785. The third kappa shape index (κ3) is 2.44. The molecule has 2 heterocycles. The molecule has 3 rings (SSSR count). The third-order valence-electron chi connectivity index (χ3n) is 2.74. The van der Waals surface area contributed by atoms with Gasteiger partial charge in [-0.05, 0) is 18.2 Å². The number of carbonyl (C=O) groups is 1. The van der Waals surface area contributed by atoms with Crippen molar-refractivity contribution < 1.29 is 4.79 Å². The predicted octanol–water partition coefficient (Wildman–Crippen LogP) is 2.93. The SMILES string of the molecule is O=C(Nc1cncc(Cl)n1)c1cccc2ncccc12. The number of benzene rings is 1. The summed E-state index contributed by atoms with van der Waals surface area (Å²) in [6.07, 6.45) is 4.53. The first-order chi connectivity index (χ1) is 9.74. The molecule has 0 aliphatic rings. The molecule has 2 aromatic heterocycles. The number of rotatable bonds is 2. The predicted molar refractivity (Wildman–Crippen MR) is 76.7 cm³/mol. The van der Waals surface area contributed by atoms with E-state index in [1.807, 2.05) is 12.1 Å². The fraction of sp³-hybridized carbons (Fsp3) is 0. The van der Waals surface area contributed by atoms with E-state index in [4.69, 9.17) is 11.6 Å². The van der Waals surface area contributed by atoms with Crippen LogP contribution in [0.25, 0.3) is 10.9 Å². The van der Waals surface area contributed by atoms with Crippen molar-refractivity contribution in [3.8, 4) is 0 Å². The Kier molecular flexibility index (Phi) is 3.26. The van der Waals surface area contributed by atoms with Gasteiger partial charge in [-0.3, -0.25) is 14.8 Å². The summed E-state index contributed by atoms with van der Waals surface area (Å²) in [6.45, 7) is 0. The summed E-state index contributed by atoms with van der Waals surface area (Å²) < 4.78 is 0. The average Bonchev–Trinajstić information content (AvgIpc) is 2.46. The lowest BCUT2D eigenvalue weighted by Crippen LogP contribution is -2.13. The minimum absolute atomic E-state index is 0.224. The van der Waals surface area contributed by atoms with Crippen LogP contribution < -0.4 is 5.32 Å². The van der Waals surface area contributed by atoms with Gasteiger partial charge in [0.1, 0.15) is 5.15 Å². The maximum atomic E-state index is 12.3. The lowest BCUT2D eigenvalue weighted by molar-refractivity contribution is 0.102. The number of anilines is 1. The van der Waals surface area contributed by atoms with E-state index in [9.17, 15) is 4.79 Å². The van der Waals surface area contributed by atoms with Crippen molar-refractivity contribution >= 4 is 34.2 Å². The molecule has 1 aromatic carbocycles. The van der Waals surface area contributed by atoms with E-state index in [1.165, 1.54) is 12.4 Å². The van der Waals surface area contributed by atoms with Gasteiger partial charge in [-0.1, -0.05) is 23.7 Å². The number of fused-ring (bicyclic) bond motifs is 1. The van der Waals surface area contributed by atoms with Crippen molar-refractivity contribution in [2.24, 2.45) is 0 Å². The maximum absolute atomic E-state index is 12.3. The van der Waals surface area contributed by atoms with Gasteiger partial charge in [0.25, 0.3) is 5.91 Å². The van der Waals surface area contributed by atoms with Crippen molar-refractivity contribution in [3.05, 3.63) is 59.6 Å². The topological polar surface area (TPSA) is 67.8 Å². The third-order valence-corrected chi connectivity index (χ3v) is 2.92. The number of pyridine rings is 1. The second-order valence-electron chi connectivity index (χ2n) is 4.06. The zero-order chi connectivity index (χ0) is 13.9. The first-order valence-electron chi connectivity index (χ1n) is 5.87. The standard InChI is InChI=1S/C14H9ClN4O/c15-12-7-16-8-13(18-12)19-14(20)10-3-1-5-11-9(10)4-2-6-17-11/h1-8H,(H,18,19,20). The molecule has 6 heteroatoms. The van der Waals surface area contributed by atoms with E-state index in [0.29, 0.717) is 11.4 Å².